The van der Waals surface area contributed by atoms with E-state index in [2.05, 4.69) is 0 Å². The Morgan fingerprint density at radius 2 is 2.13 bits per heavy atom. The lowest BCUT2D eigenvalue weighted by molar-refractivity contribution is -0.145. The fraction of sp³-hybridized carbons (Fsp3) is 0.500. The summed E-state index contributed by atoms with van der Waals surface area (Å²) in [6.07, 6.45) is 0.308. The standard InChI is InChI=1S/C16H19NO5S/c1-2-20-15(19)6-5-14(18)17-7-8-23-16(17)11-3-4-12-13(9-11)22-10-21-12/h3-4,9,16H,2,5-8,10H2,1H3. The van der Waals surface area contributed by atoms with Gasteiger partial charge in [0.05, 0.1) is 13.0 Å². The van der Waals surface area contributed by atoms with Crippen molar-refractivity contribution in [2.45, 2.75) is 25.1 Å². The smallest absolute Gasteiger partial charge is 0.306 e. The second kappa shape index (κ2) is 7.12. The van der Waals surface area contributed by atoms with Crippen molar-refractivity contribution in [3.05, 3.63) is 23.8 Å². The van der Waals surface area contributed by atoms with E-state index in [9.17, 15) is 9.59 Å². The van der Waals surface area contributed by atoms with Crippen LogP contribution in [-0.4, -0.2) is 42.5 Å². The summed E-state index contributed by atoms with van der Waals surface area (Å²) in [6.45, 7) is 3.02. The van der Waals surface area contributed by atoms with Gasteiger partial charge >= 0.3 is 5.97 Å². The Kier molecular flexibility index (Phi) is 4.95. The molecule has 0 spiro atoms. The number of carbonyl (C=O) groups excluding carboxylic acids is 2. The molecule has 6 nitrogen and oxygen atoms in total. The summed E-state index contributed by atoms with van der Waals surface area (Å²) in [7, 11) is 0. The molecule has 0 N–H and O–H groups in total. The molecule has 0 radical (unpaired) electrons. The summed E-state index contributed by atoms with van der Waals surface area (Å²) < 4.78 is 15.6. The molecule has 0 aliphatic carbocycles. The fourth-order valence-electron chi connectivity index (χ4n) is 2.65. The Labute approximate surface area is 139 Å². The fourth-order valence-corrected chi connectivity index (χ4v) is 3.92. The summed E-state index contributed by atoms with van der Waals surface area (Å²) in [5, 5.41) is -0.0424. The number of esters is 1. The molecule has 1 aromatic rings. The number of thioether (sulfide) groups is 1. The largest absolute Gasteiger partial charge is 0.466 e. The molecule has 23 heavy (non-hydrogen) atoms. The number of benzene rings is 1. The third-order valence-corrected chi connectivity index (χ3v) is 5.00. The lowest BCUT2D eigenvalue weighted by Crippen LogP contribution is -2.30. The molecule has 1 unspecified atom stereocenters. The van der Waals surface area contributed by atoms with Crippen LogP contribution in [-0.2, 0) is 14.3 Å². The van der Waals surface area contributed by atoms with Gasteiger partial charge in [0.2, 0.25) is 12.7 Å². The van der Waals surface area contributed by atoms with Crippen LogP contribution in [0, 0.1) is 0 Å². The topological polar surface area (TPSA) is 65.1 Å². The third kappa shape index (κ3) is 3.55. The lowest BCUT2D eigenvalue weighted by atomic mass is 10.1. The predicted molar refractivity (Wildman–Crippen MR) is 85.3 cm³/mol. The zero-order chi connectivity index (χ0) is 16.2. The third-order valence-electron chi connectivity index (χ3n) is 3.74. The highest BCUT2D eigenvalue weighted by Crippen LogP contribution is 2.42. The van der Waals surface area contributed by atoms with Gasteiger partial charge in [-0.2, -0.15) is 0 Å². The van der Waals surface area contributed by atoms with E-state index in [1.807, 2.05) is 23.1 Å². The summed E-state index contributed by atoms with van der Waals surface area (Å²) in [6, 6.07) is 5.76. The SMILES string of the molecule is CCOC(=O)CCC(=O)N1CCSC1c1ccc2c(c1)OCO2. The van der Waals surface area contributed by atoms with Crippen LogP contribution in [0.4, 0.5) is 0 Å². The number of nitrogens with zero attached hydrogens (tertiary/aromatic N) is 1. The molecule has 1 amide bonds. The van der Waals surface area contributed by atoms with Crippen molar-refractivity contribution in [3.63, 3.8) is 0 Å². The molecule has 1 aromatic carbocycles. The van der Waals surface area contributed by atoms with Crippen LogP contribution in [0.15, 0.2) is 18.2 Å². The summed E-state index contributed by atoms with van der Waals surface area (Å²) >= 11 is 1.71. The molecular weight excluding hydrogens is 318 g/mol. The van der Waals surface area contributed by atoms with Gasteiger partial charge in [-0.25, -0.2) is 0 Å². The maximum Gasteiger partial charge on any atom is 0.306 e. The van der Waals surface area contributed by atoms with E-state index >= 15 is 0 Å². The number of hydrogen-bond acceptors (Lipinski definition) is 6. The second-order valence-corrected chi connectivity index (χ2v) is 6.42. The van der Waals surface area contributed by atoms with E-state index in [0.717, 1.165) is 17.1 Å². The number of rotatable bonds is 5. The molecular formula is C16H19NO5S. The quantitative estimate of drug-likeness (QED) is 0.769. The monoisotopic (exact) mass is 337 g/mol. The molecule has 2 aliphatic rings. The number of carbonyl (C=O) groups is 2. The highest BCUT2D eigenvalue weighted by atomic mass is 32.2. The highest BCUT2D eigenvalue weighted by Gasteiger charge is 2.31. The summed E-state index contributed by atoms with van der Waals surface area (Å²) in [5.41, 5.74) is 1.02. The van der Waals surface area contributed by atoms with Crippen molar-refractivity contribution < 1.29 is 23.8 Å². The minimum atomic E-state index is -0.327. The van der Waals surface area contributed by atoms with Crippen molar-refractivity contribution in [1.29, 1.82) is 0 Å². The maximum absolute atomic E-state index is 12.4. The highest BCUT2D eigenvalue weighted by molar-refractivity contribution is 7.99. The number of hydrogen-bond donors (Lipinski definition) is 0. The molecule has 2 aliphatic heterocycles. The van der Waals surface area contributed by atoms with Gasteiger partial charge in [-0.1, -0.05) is 6.07 Å². The van der Waals surface area contributed by atoms with Crippen molar-refractivity contribution in [2.75, 3.05) is 25.7 Å². The summed E-state index contributed by atoms with van der Waals surface area (Å²) in [5.74, 6) is 1.98. The first-order valence-corrected chi connectivity index (χ1v) is 8.70. The minimum Gasteiger partial charge on any atom is -0.466 e. The van der Waals surface area contributed by atoms with Gasteiger partial charge in [-0.15, -0.1) is 11.8 Å². The van der Waals surface area contributed by atoms with E-state index in [-0.39, 0.29) is 36.9 Å². The van der Waals surface area contributed by atoms with E-state index in [1.165, 1.54) is 0 Å². The summed E-state index contributed by atoms with van der Waals surface area (Å²) in [4.78, 5) is 25.7. The van der Waals surface area contributed by atoms with Gasteiger partial charge in [0.25, 0.3) is 0 Å². The first kappa shape index (κ1) is 16.0. The molecule has 0 bridgehead atoms. The van der Waals surface area contributed by atoms with Crippen LogP contribution in [0.2, 0.25) is 0 Å². The number of amides is 1. The molecule has 1 fully saturated rings. The Bertz CT molecular complexity index is 606. The van der Waals surface area contributed by atoms with Gasteiger partial charge in [-0.05, 0) is 24.6 Å². The van der Waals surface area contributed by atoms with Gasteiger partial charge in [0, 0.05) is 18.7 Å². The Morgan fingerprint density at radius 3 is 2.96 bits per heavy atom. The van der Waals surface area contributed by atoms with Crippen LogP contribution >= 0.6 is 11.8 Å². The van der Waals surface area contributed by atoms with Gasteiger partial charge in [0.15, 0.2) is 11.5 Å². The Morgan fingerprint density at radius 1 is 1.30 bits per heavy atom. The average molecular weight is 337 g/mol. The number of fused-ring (bicyclic) bond motifs is 1. The molecule has 0 aromatic heterocycles. The van der Waals surface area contributed by atoms with Crippen LogP contribution in [0.3, 0.4) is 0 Å². The van der Waals surface area contributed by atoms with Crippen LogP contribution in [0.5, 0.6) is 11.5 Å². The van der Waals surface area contributed by atoms with Crippen molar-refractivity contribution in [1.82, 2.24) is 4.90 Å². The van der Waals surface area contributed by atoms with Crippen LogP contribution in [0.1, 0.15) is 30.7 Å². The molecule has 1 saturated heterocycles. The second-order valence-electron chi connectivity index (χ2n) is 5.23. The zero-order valence-corrected chi connectivity index (χ0v) is 13.8. The van der Waals surface area contributed by atoms with Crippen LogP contribution in [0.25, 0.3) is 0 Å². The normalized spacial score (nSPS) is 19.0. The molecule has 0 saturated carbocycles. The van der Waals surface area contributed by atoms with Crippen molar-refractivity contribution in [2.24, 2.45) is 0 Å². The van der Waals surface area contributed by atoms with Gasteiger partial charge in [-0.3, -0.25) is 9.59 Å². The van der Waals surface area contributed by atoms with Gasteiger partial charge in [0.1, 0.15) is 5.37 Å². The Balaban J connectivity index is 1.65. The average Bonchev–Trinajstić information content (AvgIpc) is 3.20. The van der Waals surface area contributed by atoms with Crippen LogP contribution < -0.4 is 9.47 Å². The number of ether oxygens (including phenoxy) is 3. The van der Waals surface area contributed by atoms with E-state index in [1.54, 1.807) is 18.7 Å². The zero-order valence-electron chi connectivity index (χ0n) is 12.9. The van der Waals surface area contributed by atoms with E-state index in [0.29, 0.717) is 18.9 Å². The molecule has 2 heterocycles. The van der Waals surface area contributed by atoms with Crippen molar-refractivity contribution in [3.8, 4) is 11.5 Å². The van der Waals surface area contributed by atoms with Crippen molar-refractivity contribution >= 4 is 23.6 Å². The lowest BCUT2D eigenvalue weighted by Gasteiger charge is -2.24. The molecule has 3 rings (SSSR count). The van der Waals surface area contributed by atoms with E-state index in [4.69, 9.17) is 14.2 Å². The molecule has 7 heteroatoms. The predicted octanol–water partition coefficient (Wildman–Crippen LogP) is 2.33. The Hall–Kier alpha value is -1.89. The molecule has 1 atom stereocenters. The molecule has 124 valence electrons. The maximum atomic E-state index is 12.4. The minimum absolute atomic E-state index is 0.0225. The van der Waals surface area contributed by atoms with Gasteiger partial charge < -0.3 is 19.1 Å². The first-order chi connectivity index (χ1) is 11.2. The first-order valence-electron chi connectivity index (χ1n) is 7.65. The van der Waals surface area contributed by atoms with E-state index < -0.39 is 0 Å².